The molecule has 0 unspecified atom stereocenters. The van der Waals surface area contributed by atoms with Crippen molar-refractivity contribution in [3.8, 4) is 61.3 Å². The summed E-state index contributed by atoms with van der Waals surface area (Å²) in [6, 6.07) is 88.7. The maximum atomic E-state index is 2.50. The summed E-state index contributed by atoms with van der Waals surface area (Å²) in [5.74, 6) is 0. The van der Waals surface area contributed by atoms with Crippen LogP contribution in [0, 0.1) is 0 Å². The van der Waals surface area contributed by atoms with E-state index in [-0.39, 0.29) is 0 Å². The van der Waals surface area contributed by atoms with Gasteiger partial charge in [-0.25, -0.2) is 0 Å². The molecule has 1 aliphatic rings. The third-order valence-electron chi connectivity index (χ3n) is 12.8. The quantitative estimate of drug-likeness (QED) is 0.149. The Morgan fingerprint density at radius 1 is 0.333 bits per heavy atom. The van der Waals surface area contributed by atoms with Crippen LogP contribution in [0.4, 0.5) is 17.1 Å². The van der Waals surface area contributed by atoms with Crippen LogP contribution in [0.5, 0.6) is 0 Å². The van der Waals surface area contributed by atoms with E-state index in [0.717, 1.165) is 23.5 Å². The maximum Gasteiger partial charge on any atom is 0.0621 e. The Kier molecular flexibility index (Phi) is 8.93. The smallest absolute Gasteiger partial charge is 0.0621 e. The molecule has 2 nitrogen and oxygen atoms in total. The summed E-state index contributed by atoms with van der Waals surface area (Å²) in [7, 11) is 0. The second kappa shape index (κ2) is 15.4. The number of hydrogen-bond donors (Lipinski definition) is 0. The third kappa shape index (κ3) is 6.35. The molecule has 10 aromatic carbocycles. The minimum atomic E-state index is 0.876. The molecule has 0 saturated heterocycles. The molecule has 11 aromatic rings. The van der Waals surface area contributed by atoms with Crippen LogP contribution in [-0.4, -0.2) is 4.57 Å². The molecule has 0 amide bonds. The van der Waals surface area contributed by atoms with E-state index in [9.17, 15) is 0 Å². The molecule has 0 saturated carbocycles. The van der Waals surface area contributed by atoms with Gasteiger partial charge in [0.1, 0.15) is 0 Å². The average molecular weight is 803 g/mol. The van der Waals surface area contributed by atoms with E-state index in [2.05, 4.69) is 252 Å². The van der Waals surface area contributed by atoms with Crippen LogP contribution < -0.4 is 4.90 Å². The van der Waals surface area contributed by atoms with E-state index in [0.29, 0.717) is 0 Å². The lowest BCUT2D eigenvalue weighted by Crippen LogP contribution is -2.14. The fourth-order valence-corrected chi connectivity index (χ4v) is 9.90. The topological polar surface area (TPSA) is 8.17 Å². The molecule has 12 rings (SSSR count). The van der Waals surface area contributed by atoms with Crippen LogP contribution in [0.3, 0.4) is 0 Å². The lowest BCUT2D eigenvalue weighted by atomic mass is 9.87. The first-order valence-corrected chi connectivity index (χ1v) is 21.8. The lowest BCUT2D eigenvalue weighted by Gasteiger charge is -2.32. The summed E-state index contributed by atoms with van der Waals surface area (Å²) in [6.07, 6.45) is 0.876. The minimum absolute atomic E-state index is 0.876. The summed E-state index contributed by atoms with van der Waals surface area (Å²) in [6.45, 7) is 0. The van der Waals surface area contributed by atoms with Gasteiger partial charge in [0, 0.05) is 39.0 Å². The van der Waals surface area contributed by atoms with Gasteiger partial charge >= 0.3 is 0 Å². The van der Waals surface area contributed by atoms with Gasteiger partial charge in [-0.2, -0.15) is 0 Å². The largest absolute Gasteiger partial charge is 0.309 e. The highest BCUT2D eigenvalue weighted by atomic mass is 15.1. The highest BCUT2D eigenvalue weighted by Gasteiger charge is 2.30. The van der Waals surface area contributed by atoms with E-state index in [4.69, 9.17) is 0 Å². The van der Waals surface area contributed by atoms with Gasteiger partial charge in [0.2, 0.25) is 0 Å². The average Bonchev–Trinajstić information content (AvgIpc) is 3.90. The van der Waals surface area contributed by atoms with Crippen LogP contribution in [0.1, 0.15) is 11.1 Å². The highest BCUT2D eigenvalue weighted by molar-refractivity contribution is 6.10. The first-order valence-electron chi connectivity index (χ1n) is 21.8. The van der Waals surface area contributed by atoms with Gasteiger partial charge in [-0.15, -0.1) is 0 Å². The molecule has 0 aliphatic heterocycles. The van der Waals surface area contributed by atoms with Gasteiger partial charge in [-0.1, -0.05) is 182 Å². The van der Waals surface area contributed by atoms with Gasteiger partial charge in [0.25, 0.3) is 0 Å². The van der Waals surface area contributed by atoms with E-state index >= 15 is 0 Å². The van der Waals surface area contributed by atoms with Gasteiger partial charge in [0.15, 0.2) is 0 Å². The maximum absolute atomic E-state index is 2.50. The monoisotopic (exact) mass is 802 g/mol. The van der Waals surface area contributed by atoms with Crippen molar-refractivity contribution in [1.29, 1.82) is 0 Å². The van der Waals surface area contributed by atoms with Gasteiger partial charge in [-0.05, 0) is 123 Å². The molecule has 0 atom stereocenters. The summed E-state index contributed by atoms with van der Waals surface area (Å²) >= 11 is 0. The Morgan fingerprint density at radius 2 is 0.841 bits per heavy atom. The number of rotatable bonds is 8. The van der Waals surface area contributed by atoms with Crippen LogP contribution in [-0.2, 0) is 6.42 Å². The van der Waals surface area contributed by atoms with Crippen molar-refractivity contribution < 1.29 is 0 Å². The second-order valence-electron chi connectivity index (χ2n) is 16.5. The fraction of sp³-hybridized carbons (Fsp3) is 0.0164. The molecule has 0 bridgehead atoms. The molecule has 1 heterocycles. The lowest BCUT2D eigenvalue weighted by molar-refractivity contribution is 1.18. The normalized spacial score (nSPS) is 11.7. The van der Waals surface area contributed by atoms with Crippen LogP contribution >= 0.6 is 0 Å². The van der Waals surface area contributed by atoms with Crippen LogP contribution in [0.25, 0.3) is 83.1 Å². The third-order valence-corrected chi connectivity index (χ3v) is 12.8. The Morgan fingerprint density at radius 3 is 1.52 bits per heavy atom. The first kappa shape index (κ1) is 36.6. The first-order chi connectivity index (χ1) is 31.3. The highest BCUT2D eigenvalue weighted by Crippen LogP contribution is 2.54. The molecule has 0 fully saturated rings. The predicted octanol–water partition coefficient (Wildman–Crippen LogP) is 16.5. The van der Waals surface area contributed by atoms with E-state index in [1.165, 1.54) is 94.3 Å². The number of aromatic nitrogens is 1. The van der Waals surface area contributed by atoms with Crippen molar-refractivity contribution in [3.05, 3.63) is 254 Å². The van der Waals surface area contributed by atoms with Gasteiger partial charge in [-0.3, -0.25) is 0 Å². The fourth-order valence-electron chi connectivity index (χ4n) is 9.90. The molecular weight excluding hydrogens is 761 g/mol. The van der Waals surface area contributed by atoms with Crippen molar-refractivity contribution in [1.82, 2.24) is 4.57 Å². The minimum Gasteiger partial charge on any atom is -0.309 e. The molecule has 296 valence electrons. The van der Waals surface area contributed by atoms with Gasteiger partial charge < -0.3 is 9.47 Å². The number of hydrogen-bond acceptors (Lipinski definition) is 1. The van der Waals surface area contributed by atoms with Crippen LogP contribution in [0.2, 0.25) is 0 Å². The zero-order valence-electron chi connectivity index (χ0n) is 34.7. The zero-order chi connectivity index (χ0) is 41.7. The van der Waals surface area contributed by atoms with Crippen molar-refractivity contribution in [2.45, 2.75) is 6.42 Å². The summed E-state index contributed by atoms with van der Waals surface area (Å²) in [4.78, 5) is 2.50. The van der Waals surface area contributed by atoms with E-state index in [1.54, 1.807) is 0 Å². The second-order valence-corrected chi connectivity index (χ2v) is 16.5. The zero-order valence-corrected chi connectivity index (χ0v) is 34.7. The van der Waals surface area contributed by atoms with Crippen molar-refractivity contribution >= 4 is 38.9 Å². The molecule has 0 N–H and O–H groups in total. The Balaban J connectivity index is 1.07. The Hall–Kier alpha value is -8.20. The van der Waals surface area contributed by atoms with Crippen molar-refractivity contribution in [3.63, 3.8) is 0 Å². The summed E-state index contributed by atoms with van der Waals surface area (Å²) in [5, 5.41) is 2.50. The summed E-state index contributed by atoms with van der Waals surface area (Å²) < 4.78 is 2.38. The van der Waals surface area contributed by atoms with E-state index in [1.807, 2.05) is 0 Å². The number of para-hydroxylation sites is 2. The SMILES string of the molecule is c1ccc(-c2ccc(N(c3ccc(-c4ccc5c(c4)c4ccccc4n5-c4ccccc4)cc3)c3c(-c4ccccc4)cc4c(c3-c3ccccc3)Cc3ccccc3-4)cc2)cc1. The molecular formula is C61H42N2. The molecule has 63 heavy (non-hydrogen) atoms. The van der Waals surface area contributed by atoms with Gasteiger partial charge in [0.05, 0.1) is 16.7 Å². The number of nitrogens with zero attached hydrogens (tertiary/aromatic N) is 2. The molecule has 1 aliphatic carbocycles. The van der Waals surface area contributed by atoms with Crippen molar-refractivity contribution in [2.75, 3.05) is 4.90 Å². The molecule has 1 aromatic heterocycles. The number of benzene rings is 10. The molecule has 2 heteroatoms. The van der Waals surface area contributed by atoms with E-state index < -0.39 is 0 Å². The standard InChI is InChI=1S/C61H42N2/c1-5-17-42(18-6-1)43-29-34-50(35-30-43)62(51-36-31-44(32-37-51)47-33-38-59-56(39-47)53-27-15-16-28-58(53)63(59)49-24-11-4-12-25-49)61-54(45-19-7-2-8-20-45)41-55-52-26-14-13-23-48(52)40-57(55)60(61)46-21-9-3-10-22-46/h1-39,41H,40H2. The number of fused-ring (bicyclic) bond motifs is 6. The predicted molar refractivity (Wildman–Crippen MR) is 265 cm³/mol. The molecule has 0 radical (unpaired) electrons. The van der Waals surface area contributed by atoms with Crippen LogP contribution in [0.15, 0.2) is 243 Å². The Bertz CT molecular complexity index is 3420. The Labute approximate surface area is 368 Å². The summed E-state index contributed by atoms with van der Waals surface area (Å²) in [5.41, 5.74) is 21.9. The molecule has 0 spiro atoms. The number of anilines is 3. The van der Waals surface area contributed by atoms with Crippen molar-refractivity contribution in [2.24, 2.45) is 0 Å².